The van der Waals surface area contributed by atoms with Crippen LogP contribution in [0, 0.1) is 0 Å². The van der Waals surface area contributed by atoms with Crippen molar-refractivity contribution in [3.05, 3.63) is 0 Å². The van der Waals surface area contributed by atoms with E-state index in [1.54, 1.807) is 10.2 Å². The van der Waals surface area contributed by atoms with Crippen LogP contribution in [0.5, 0.6) is 0 Å². The molecule has 0 saturated heterocycles. The molecule has 0 bridgehead atoms. The van der Waals surface area contributed by atoms with Gasteiger partial charge in [-0.1, -0.05) is 0 Å². The lowest BCUT2D eigenvalue weighted by Crippen LogP contribution is -2.21. The summed E-state index contributed by atoms with van der Waals surface area (Å²) in [6, 6.07) is 0.619. The number of amides is 1. The van der Waals surface area contributed by atoms with E-state index in [4.69, 9.17) is 0 Å². The minimum absolute atomic E-state index is 0.140. The summed E-state index contributed by atoms with van der Waals surface area (Å²) in [6.07, 6.45) is 0. The van der Waals surface area contributed by atoms with Gasteiger partial charge in [0.15, 0.2) is 0 Å². The van der Waals surface area contributed by atoms with E-state index in [0.717, 1.165) is 6.54 Å². The maximum absolute atomic E-state index is 10.3. The van der Waals surface area contributed by atoms with Crippen molar-refractivity contribution in [3.8, 4) is 0 Å². The van der Waals surface area contributed by atoms with E-state index in [9.17, 15) is 4.79 Å². The monoisotopic (exact) mass is 116 g/mol. The summed E-state index contributed by atoms with van der Waals surface area (Å²) >= 11 is 0. The molecule has 7 heavy (non-hydrogen) atoms. The van der Waals surface area contributed by atoms with E-state index in [-0.39, 0.29) is 5.91 Å². The first-order valence-electron chi connectivity index (χ1n) is 2.37. The van der Waals surface area contributed by atoms with Crippen LogP contribution >= 0.6 is 0 Å². The van der Waals surface area contributed by atoms with Gasteiger partial charge in [0, 0.05) is 22.8 Å². The maximum Gasteiger partial charge on any atom is 0.216 e. The van der Waals surface area contributed by atoms with Gasteiger partial charge in [-0.05, 0) is 6.92 Å². The Morgan fingerprint density at radius 3 is 2.57 bits per heavy atom. The molecule has 0 heterocycles. The van der Waals surface area contributed by atoms with Gasteiger partial charge in [0.1, 0.15) is 0 Å². The number of hydrogen-bond donors (Lipinski definition) is 1. The molecule has 0 fully saturated rings. The average Bonchev–Trinajstić information content (AvgIpc) is 1.68. The lowest BCUT2D eigenvalue weighted by molar-refractivity contribution is -0.118. The Morgan fingerprint density at radius 1 is 1.86 bits per heavy atom. The van der Waals surface area contributed by atoms with Crippen molar-refractivity contribution in [2.45, 2.75) is 13.0 Å². The first-order chi connectivity index (χ1) is 3.31. The largest absolute Gasteiger partial charge is 0.357 e. The molecular weight excluding hydrogens is 106 g/mol. The number of carbonyl (C=O) groups excluding carboxylic acids is 1. The maximum atomic E-state index is 10.3. The van der Waals surface area contributed by atoms with Crippen molar-refractivity contribution < 1.29 is 4.79 Å². The molecule has 0 aliphatic rings. The highest BCUT2D eigenvalue weighted by Gasteiger charge is 1.88. The van der Waals surface area contributed by atoms with Gasteiger partial charge in [-0.15, -0.1) is 0 Å². The third-order valence-electron chi connectivity index (χ3n) is 0.601. The second-order valence-corrected chi connectivity index (χ2v) is 1.70. The molecule has 0 aromatic carbocycles. The van der Waals surface area contributed by atoms with E-state index in [1.165, 1.54) is 0 Å². The highest BCUT2D eigenvalue weighted by Crippen LogP contribution is 1.67. The molecular formula is C4H10NOSi. The van der Waals surface area contributed by atoms with Crippen LogP contribution in [0.4, 0.5) is 0 Å². The van der Waals surface area contributed by atoms with E-state index >= 15 is 0 Å². The smallest absolute Gasteiger partial charge is 0.216 e. The molecule has 0 spiro atoms. The molecule has 0 unspecified atom stereocenters. The predicted octanol–water partition coefficient (Wildman–Crippen LogP) is -0.826. The second kappa shape index (κ2) is 3.86. The molecule has 0 aliphatic carbocycles. The predicted molar refractivity (Wildman–Crippen MR) is 32.0 cm³/mol. The SMILES string of the molecule is CCNC(=O)C[SiH2]. The first-order valence-corrected chi connectivity index (χ1v) is 3.37. The lowest BCUT2D eigenvalue weighted by Gasteiger charge is -1.93. The van der Waals surface area contributed by atoms with Crippen molar-refractivity contribution in [1.82, 2.24) is 5.32 Å². The summed E-state index contributed by atoms with van der Waals surface area (Å²) in [4.78, 5) is 10.3. The van der Waals surface area contributed by atoms with Gasteiger partial charge >= 0.3 is 0 Å². The molecule has 1 N–H and O–H groups in total. The van der Waals surface area contributed by atoms with Crippen LogP contribution in [-0.2, 0) is 4.79 Å². The minimum Gasteiger partial charge on any atom is -0.357 e. The van der Waals surface area contributed by atoms with Gasteiger partial charge in [0.25, 0.3) is 0 Å². The molecule has 41 valence electrons. The van der Waals surface area contributed by atoms with Crippen molar-refractivity contribution in [3.63, 3.8) is 0 Å². The Hall–Kier alpha value is -0.313. The van der Waals surface area contributed by atoms with Crippen molar-refractivity contribution >= 4 is 16.1 Å². The van der Waals surface area contributed by atoms with Crippen molar-refractivity contribution in [2.24, 2.45) is 0 Å². The van der Waals surface area contributed by atoms with Crippen LogP contribution in [0.25, 0.3) is 0 Å². The van der Waals surface area contributed by atoms with Gasteiger partial charge in [-0.2, -0.15) is 0 Å². The quantitative estimate of drug-likeness (QED) is 0.469. The third-order valence-corrected chi connectivity index (χ3v) is 1.06. The Kier molecular flexibility index (Phi) is 3.69. The Bertz CT molecular complexity index is 64.7. The molecule has 0 atom stereocenters. The summed E-state index contributed by atoms with van der Waals surface area (Å²) in [5, 5.41) is 2.66. The number of nitrogens with one attached hydrogen (secondary N) is 1. The molecule has 2 nitrogen and oxygen atoms in total. The van der Waals surface area contributed by atoms with Crippen LogP contribution in [0.15, 0.2) is 0 Å². The Morgan fingerprint density at radius 2 is 2.43 bits per heavy atom. The minimum atomic E-state index is 0.140. The van der Waals surface area contributed by atoms with Gasteiger partial charge in [0.2, 0.25) is 5.91 Å². The summed E-state index contributed by atoms with van der Waals surface area (Å²) in [5.41, 5.74) is 0. The fourth-order valence-electron chi connectivity index (χ4n) is 0.286. The van der Waals surface area contributed by atoms with E-state index < -0.39 is 0 Å². The molecule has 0 rings (SSSR count). The fourth-order valence-corrected chi connectivity index (χ4v) is 0.462. The van der Waals surface area contributed by atoms with Crippen molar-refractivity contribution in [2.75, 3.05) is 6.54 Å². The summed E-state index contributed by atoms with van der Waals surface area (Å²) in [5.74, 6) is 0.140. The molecule has 1 radical (unpaired) electrons. The van der Waals surface area contributed by atoms with Crippen LogP contribution in [0.2, 0.25) is 6.04 Å². The highest BCUT2D eigenvalue weighted by atomic mass is 28.1. The fraction of sp³-hybridized carbons (Fsp3) is 0.750. The van der Waals surface area contributed by atoms with Crippen LogP contribution in [-0.4, -0.2) is 22.7 Å². The van der Waals surface area contributed by atoms with Gasteiger partial charge in [0.05, 0.1) is 0 Å². The molecule has 0 aromatic rings. The Balaban J connectivity index is 3.00. The highest BCUT2D eigenvalue weighted by molar-refractivity contribution is 6.19. The topological polar surface area (TPSA) is 29.1 Å². The van der Waals surface area contributed by atoms with Gasteiger partial charge < -0.3 is 5.32 Å². The van der Waals surface area contributed by atoms with Gasteiger partial charge in [-0.25, -0.2) is 0 Å². The standard InChI is InChI=1S/C4H10NOSi/c1-2-5-4(6)3-7/h2-3,7H2,1H3,(H,5,6). The number of rotatable bonds is 2. The molecule has 3 heteroatoms. The molecule has 0 aliphatic heterocycles. The second-order valence-electron chi connectivity index (χ2n) is 1.20. The zero-order valence-corrected chi connectivity index (χ0v) is 5.94. The van der Waals surface area contributed by atoms with Crippen LogP contribution < -0.4 is 5.32 Å². The van der Waals surface area contributed by atoms with E-state index in [2.05, 4.69) is 5.32 Å². The third kappa shape index (κ3) is 3.52. The first kappa shape index (κ1) is 6.69. The Labute approximate surface area is 46.7 Å². The van der Waals surface area contributed by atoms with E-state index in [0.29, 0.717) is 6.04 Å². The summed E-state index contributed by atoms with van der Waals surface area (Å²) < 4.78 is 0. The molecule has 1 amide bonds. The molecule has 0 aromatic heterocycles. The summed E-state index contributed by atoms with van der Waals surface area (Å²) in [7, 11) is 1.67. The zero-order valence-electron chi connectivity index (χ0n) is 4.53. The van der Waals surface area contributed by atoms with E-state index in [1.807, 2.05) is 6.92 Å². The average molecular weight is 116 g/mol. The molecule has 0 saturated carbocycles. The van der Waals surface area contributed by atoms with Crippen LogP contribution in [0.3, 0.4) is 0 Å². The number of hydrogen-bond acceptors (Lipinski definition) is 1. The number of carbonyl (C=O) groups is 1. The summed E-state index contributed by atoms with van der Waals surface area (Å²) in [6.45, 7) is 2.66. The van der Waals surface area contributed by atoms with Crippen molar-refractivity contribution in [1.29, 1.82) is 0 Å². The normalized spacial score (nSPS) is 8.29. The lowest BCUT2D eigenvalue weighted by atomic mass is 10.6. The zero-order chi connectivity index (χ0) is 5.70. The van der Waals surface area contributed by atoms with Crippen LogP contribution in [0.1, 0.15) is 6.92 Å². The van der Waals surface area contributed by atoms with Gasteiger partial charge in [-0.3, -0.25) is 4.79 Å².